The van der Waals surface area contributed by atoms with Crippen LogP contribution in [0.2, 0.25) is 0 Å². The molecule has 0 aromatic carbocycles. The Bertz CT molecular complexity index is 104. The van der Waals surface area contributed by atoms with E-state index in [2.05, 4.69) is 15.9 Å². The first kappa shape index (κ1) is 13.2. The maximum Gasteiger partial charge on any atom is 0.119 e. The minimum atomic E-state index is 0.754. The van der Waals surface area contributed by atoms with Crippen molar-refractivity contribution in [3.63, 3.8) is 0 Å². The van der Waals surface area contributed by atoms with Crippen LogP contribution in [-0.4, -0.2) is 11.6 Å². The Balaban J connectivity index is 2.79. The molecule has 0 aromatic heterocycles. The molecule has 0 saturated heterocycles. The van der Waals surface area contributed by atoms with Crippen molar-refractivity contribution < 1.29 is 4.79 Å². The van der Waals surface area contributed by atoms with Crippen molar-refractivity contribution in [1.82, 2.24) is 0 Å². The lowest BCUT2D eigenvalue weighted by atomic mass is 10.1. The highest BCUT2D eigenvalue weighted by Gasteiger charge is 1.91. The van der Waals surface area contributed by atoms with Crippen LogP contribution in [0.25, 0.3) is 0 Å². The standard InChI is InChI=1S/C11H21BrO/c12-10-8-6-4-2-1-3-5-7-9-11-13/h11H,1-10H2. The monoisotopic (exact) mass is 248 g/mol. The molecule has 0 atom stereocenters. The van der Waals surface area contributed by atoms with Crippen LogP contribution < -0.4 is 0 Å². The highest BCUT2D eigenvalue weighted by Crippen LogP contribution is 2.09. The molecule has 0 bridgehead atoms. The zero-order chi connectivity index (χ0) is 9.78. The molecule has 0 rings (SSSR count). The molecule has 2 heteroatoms. The van der Waals surface area contributed by atoms with Gasteiger partial charge in [-0.1, -0.05) is 54.5 Å². The third kappa shape index (κ3) is 12.1. The van der Waals surface area contributed by atoms with Crippen LogP contribution in [0.1, 0.15) is 57.8 Å². The zero-order valence-electron chi connectivity index (χ0n) is 8.43. The van der Waals surface area contributed by atoms with E-state index in [0.29, 0.717) is 0 Å². The van der Waals surface area contributed by atoms with Crippen molar-refractivity contribution in [2.45, 2.75) is 57.8 Å². The molecular weight excluding hydrogens is 228 g/mol. The van der Waals surface area contributed by atoms with Crippen LogP contribution in [-0.2, 0) is 4.79 Å². The highest BCUT2D eigenvalue weighted by atomic mass is 79.9. The molecule has 0 saturated carbocycles. The van der Waals surface area contributed by atoms with Crippen molar-refractivity contribution in [1.29, 1.82) is 0 Å². The molecule has 0 aromatic rings. The summed E-state index contributed by atoms with van der Waals surface area (Å²) in [7, 11) is 0. The fourth-order valence-corrected chi connectivity index (χ4v) is 1.78. The lowest BCUT2D eigenvalue weighted by molar-refractivity contribution is -0.107. The van der Waals surface area contributed by atoms with E-state index in [1.165, 1.54) is 44.9 Å². The summed E-state index contributed by atoms with van der Waals surface area (Å²) in [4.78, 5) is 10.0. The van der Waals surface area contributed by atoms with E-state index in [-0.39, 0.29) is 0 Å². The second kappa shape index (κ2) is 12.2. The van der Waals surface area contributed by atoms with Crippen LogP contribution in [0, 0.1) is 0 Å². The summed E-state index contributed by atoms with van der Waals surface area (Å²) < 4.78 is 0. The van der Waals surface area contributed by atoms with Crippen LogP contribution in [0.4, 0.5) is 0 Å². The van der Waals surface area contributed by atoms with Crippen molar-refractivity contribution in [2.24, 2.45) is 0 Å². The minimum absolute atomic E-state index is 0.754. The molecule has 0 radical (unpaired) electrons. The molecule has 0 N–H and O–H groups in total. The third-order valence-electron chi connectivity index (χ3n) is 2.21. The van der Waals surface area contributed by atoms with Gasteiger partial charge >= 0.3 is 0 Å². The molecule has 78 valence electrons. The molecule has 0 spiro atoms. The van der Waals surface area contributed by atoms with Crippen molar-refractivity contribution in [3.8, 4) is 0 Å². The van der Waals surface area contributed by atoms with E-state index in [1.807, 2.05) is 0 Å². The summed E-state index contributed by atoms with van der Waals surface area (Å²) in [5, 5.41) is 1.15. The Morgan fingerprint density at radius 1 is 0.769 bits per heavy atom. The number of rotatable bonds is 10. The summed E-state index contributed by atoms with van der Waals surface area (Å²) in [6, 6.07) is 0. The molecular formula is C11H21BrO. The van der Waals surface area contributed by atoms with E-state index in [1.54, 1.807) is 0 Å². The fourth-order valence-electron chi connectivity index (χ4n) is 1.38. The molecule has 1 nitrogen and oxygen atoms in total. The molecule has 0 aliphatic carbocycles. The van der Waals surface area contributed by atoms with Gasteiger partial charge in [0.25, 0.3) is 0 Å². The third-order valence-corrected chi connectivity index (χ3v) is 2.77. The molecule has 0 amide bonds. The normalized spacial score (nSPS) is 10.2. The van der Waals surface area contributed by atoms with Gasteiger partial charge in [-0.25, -0.2) is 0 Å². The molecule has 0 fully saturated rings. The molecule has 0 unspecified atom stereocenters. The largest absolute Gasteiger partial charge is 0.303 e. The van der Waals surface area contributed by atoms with Gasteiger partial charge in [0, 0.05) is 11.8 Å². The number of hydrogen-bond donors (Lipinski definition) is 0. The van der Waals surface area contributed by atoms with Gasteiger partial charge in [-0.05, 0) is 12.8 Å². The first-order valence-corrected chi connectivity index (χ1v) is 6.53. The van der Waals surface area contributed by atoms with Gasteiger partial charge in [0.05, 0.1) is 0 Å². The predicted octanol–water partition coefficient (Wildman–Crippen LogP) is 4.09. The predicted molar refractivity (Wildman–Crippen MR) is 61.4 cm³/mol. The van der Waals surface area contributed by atoms with E-state index in [9.17, 15) is 4.79 Å². The van der Waals surface area contributed by atoms with Gasteiger partial charge in [-0.3, -0.25) is 0 Å². The van der Waals surface area contributed by atoms with Gasteiger partial charge in [-0.2, -0.15) is 0 Å². The maximum absolute atomic E-state index is 10.0. The number of halogens is 1. The summed E-state index contributed by atoms with van der Waals surface area (Å²) in [6.45, 7) is 0. The number of unbranched alkanes of at least 4 members (excludes halogenated alkanes) is 8. The van der Waals surface area contributed by atoms with Crippen LogP contribution in [0.15, 0.2) is 0 Å². The Hall–Kier alpha value is 0.150. The number of carbonyl (C=O) groups is 1. The topological polar surface area (TPSA) is 17.1 Å². The van der Waals surface area contributed by atoms with E-state index in [4.69, 9.17) is 0 Å². The van der Waals surface area contributed by atoms with Crippen LogP contribution in [0.5, 0.6) is 0 Å². The summed E-state index contributed by atoms with van der Waals surface area (Å²) >= 11 is 3.43. The van der Waals surface area contributed by atoms with Gasteiger partial charge in [0.2, 0.25) is 0 Å². The number of carbonyl (C=O) groups excluding carboxylic acids is 1. The lowest BCUT2D eigenvalue weighted by Gasteiger charge is -1.99. The van der Waals surface area contributed by atoms with Crippen molar-refractivity contribution >= 4 is 22.2 Å². The van der Waals surface area contributed by atoms with Crippen LogP contribution in [0.3, 0.4) is 0 Å². The number of hydrogen-bond acceptors (Lipinski definition) is 1. The second-order valence-corrected chi connectivity index (χ2v) is 4.27. The molecule has 13 heavy (non-hydrogen) atoms. The summed E-state index contributed by atoms with van der Waals surface area (Å²) in [5.74, 6) is 0. The number of aldehydes is 1. The van der Waals surface area contributed by atoms with E-state index in [0.717, 1.165) is 24.5 Å². The van der Waals surface area contributed by atoms with Gasteiger partial charge in [-0.15, -0.1) is 0 Å². The molecule has 0 heterocycles. The fraction of sp³-hybridized carbons (Fsp3) is 0.909. The van der Waals surface area contributed by atoms with Gasteiger partial charge < -0.3 is 4.79 Å². The Labute approximate surface area is 90.4 Å². The Morgan fingerprint density at radius 2 is 1.23 bits per heavy atom. The minimum Gasteiger partial charge on any atom is -0.303 e. The first-order chi connectivity index (χ1) is 6.41. The molecule has 0 aliphatic rings. The second-order valence-electron chi connectivity index (χ2n) is 3.47. The van der Waals surface area contributed by atoms with Gasteiger partial charge in [0.1, 0.15) is 6.29 Å². The number of alkyl halides is 1. The summed E-state index contributed by atoms with van der Waals surface area (Å²) in [5.41, 5.74) is 0. The van der Waals surface area contributed by atoms with E-state index < -0.39 is 0 Å². The SMILES string of the molecule is O=CCCCCCCCCCCBr. The summed E-state index contributed by atoms with van der Waals surface area (Å²) in [6.07, 6.45) is 12.2. The van der Waals surface area contributed by atoms with Crippen molar-refractivity contribution in [2.75, 3.05) is 5.33 Å². The molecule has 0 aliphatic heterocycles. The maximum atomic E-state index is 10.0. The highest BCUT2D eigenvalue weighted by molar-refractivity contribution is 9.09. The first-order valence-electron chi connectivity index (χ1n) is 5.41. The Morgan fingerprint density at radius 3 is 1.69 bits per heavy atom. The van der Waals surface area contributed by atoms with E-state index >= 15 is 0 Å². The lowest BCUT2D eigenvalue weighted by Crippen LogP contribution is -1.82. The average Bonchev–Trinajstić information content (AvgIpc) is 2.16. The smallest absolute Gasteiger partial charge is 0.119 e. The van der Waals surface area contributed by atoms with Crippen molar-refractivity contribution in [3.05, 3.63) is 0 Å². The quantitative estimate of drug-likeness (QED) is 0.324. The Kier molecular flexibility index (Phi) is 12.3. The van der Waals surface area contributed by atoms with Gasteiger partial charge in [0.15, 0.2) is 0 Å². The zero-order valence-corrected chi connectivity index (χ0v) is 10.0. The average molecular weight is 249 g/mol. The van der Waals surface area contributed by atoms with Crippen LogP contribution >= 0.6 is 15.9 Å².